The molecule has 1 aliphatic heterocycles. The molecule has 120 valence electrons. The van der Waals surface area contributed by atoms with Crippen LogP contribution in [0.3, 0.4) is 0 Å². The Balaban J connectivity index is 1.89. The number of benzene rings is 1. The van der Waals surface area contributed by atoms with Gasteiger partial charge in [0.1, 0.15) is 6.61 Å². The van der Waals surface area contributed by atoms with Crippen LogP contribution < -0.4 is 0 Å². The predicted molar refractivity (Wildman–Crippen MR) is 81.0 cm³/mol. The molecule has 1 saturated carbocycles. The van der Waals surface area contributed by atoms with Crippen molar-refractivity contribution in [3.63, 3.8) is 0 Å². The highest BCUT2D eigenvalue weighted by Crippen LogP contribution is 2.31. The Labute approximate surface area is 133 Å². The van der Waals surface area contributed by atoms with Gasteiger partial charge in [-0.15, -0.1) is 0 Å². The number of hydrogen-bond acceptors (Lipinski definition) is 4. The normalized spacial score (nSPS) is 18.1. The molecule has 1 aliphatic carbocycles. The van der Waals surface area contributed by atoms with Gasteiger partial charge in [-0.3, -0.25) is 4.79 Å². The molecule has 2 fully saturated rings. The zero-order chi connectivity index (χ0) is 16.4. The molecule has 1 aromatic rings. The highest BCUT2D eigenvalue weighted by Gasteiger charge is 2.36. The number of carboxylic acid groups (broad SMARTS) is 1. The van der Waals surface area contributed by atoms with E-state index in [9.17, 15) is 14.4 Å². The van der Waals surface area contributed by atoms with Gasteiger partial charge < -0.3 is 9.84 Å². The van der Waals surface area contributed by atoms with Gasteiger partial charge in [0.25, 0.3) is 5.91 Å². The maximum absolute atomic E-state index is 12.6. The smallest absolute Gasteiger partial charge is 0.421 e. The SMILES string of the molecule is O=C(O)c1ccc(C(=O)N2C(=O)OCC2=C2CCCCC2)cc1. The lowest BCUT2D eigenvalue weighted by Gasteiger charge is -2.20. The second kappa shape index (κ2) is 6.24. The Morgan fingerprint density at radius 2 is 1.61 bits per heavy atom. The summed E-state index contributed by atoms with van der Waals surface area (Å²) in [6.07, 6.45) is 4.38. The molecule has 0 radical (unpaired) electrons. The molecule has 6 heteroatoms. The Morgan fingerprint density at radius 1 is 1.00 bits per heavy atom. The Kier molecular flexibility index (Phi) is 4.14. The number of carboxylic acids is 1. The molecular weight excluding hydrogens is 298 g/mol. The molecule has 0 atom stereocenters. The van der Waals surface area contributed by atoms with Crippen molar-refractivity contribution in [2.75, 3.05) is 6.61 Å². The Bertz CT molecular complexity index is 681. The quantitative estimate of drug-likeness (QED) is 0.906. The van der Waals surface area contributed by atoms with Crippen LogP contribution in [0.25, 0.3) is 0 Å². The summed E-state index contributed by atoms with van der Waals surface area (Å²) in [7, 11) is 0. The first-order valence-electron chi connectivity index (χ1n) is 7.63. The van der Waals surface area contributed by atoms with Crippen LogP contribution in [0.1, 0.15) is 52.8 Å². The summed E-state index contributed by atoms with van der Waals surface area (Å²) in [5.41, 5.74) is 2.12. The minimum absolute atomic E-state index is 0.0939. The zero-order valence-corrected chi connectivity index (χ0v) is 12.6. The van der Waals surface area contributed by atoms with Gasteiger partial charge in [-0.2, -0.15) is 0 Å². The summed E-state index contributed by atoms with van der Waals surface area (Å²) in [6, 6.07) is 5.54. The number of rotatable bonds is 2. The van der Waals surface area contributed by atoms with Crippen LogP contribution in [0.5, 0.6) is 0 Å². The second-order valence-electron chi connectivity index (χ2n) is 5.69. The van der Waals surface area contributed by atoms with Gasteiger partial charge in [0.15, 0.2) is 0 Å². The topological polar surface area (TPSA) is 83.9 Å². The zero-order valence-electron chi connectivity index (χ0n) is 12.6. The van der Waals surface area contributed by atoms with Crippen molar-refractivity contribution >= 4 is 18.0 Å². The Hall–Kier alpha value is -2.63. The molecule has 1 saturated heterocycles. The maximum atomic E-state index is 12.6. The molecule has 0 spiro atoms. The fourth-order valence-corrected chi connectivity index (χ4v) is 2.99. The molecule has 0 bridgehead atoms. The summed E-state index contributed by atoms with van der Waals surface area (Å²) >= 11 is 0. The van der Waals surface area contributed by atoms with Crippen molar-refractivity contribution in [2.24, 2.45) is 0 Å². The molecule has 1 N–H and O–H groups in total. The van der Waals surface area contributed by atoms with Gasteiger partial charge in [0.2, 0.25) is 0 Å². The lowest BCUT2D eigenvalue weighted by atomic mass is 9.93. The van der Waals surface area contributed by atoms with Gasteiger partial charge in [-0.05, 0) is 55.5 Å². The summed E-state index contributed by atoms with van der Waals surface area (Å²) < 4.78 is 5.05. The van der Waals surface area contributed by atoms with Crippen molar-refractivity contribution in [3.8, 4) is 0 Å². The van der Waals surface area contributed by atoms with E-state index in [0.717, 1.165) is 42.6 Å². The third kappa shape index (κ3) is 2.97. The van der Waals surface area contributed by atoms with E-state index < -0.39 is 18.0 Å². The largest absolute Gasteiger partial charge is 0.478 e. The van der Waals surface area contributed by atoms with Crippen molar-refractivity contribution in [2.45, 2.75) is 32.1 Å². The number of carbonyl (C=O) groups is 3. The van der Waals surface area contributed by atoms with Crippen LogP contribution in [0.4, 0.5) is 4.79 Å². The summed E-state index contributed by atoms with van der Waals surface area (Å²) in [5, 5.41) is 8.90. The first kappa shape index (κ1) is 15.3. The first-order valence-corrected chi connectivity index (χ1v) is 7.63. The van der Waals surface area contributed by atoms with Crippen molar-refractivity contribution in [3.05, 3.63) is 46.7 Å². The lowest BCUT2D eigenvalue weighted by molar-refractivity contribution is 0.0695. The van der Waals surface area contributed by atoms with Crippen LogP contribution >= 0.6 is 0 Å². The van der Waals surface area contributed by atoms with Gasteiger partial charge in [-0.25, -0.2) is 14.5 Å². The number of allylic oxidation sites excluding steroid dienone is 1. The third-order valence-electron chi connectivity index (χ3n) is 4.23. The number of nitrogens with zero attached hydrogens (tertiary/aromatic N) is 1. The first-order chi connectivity index (χ1) is 11.1. The van der Waals surface area contributed by atoms with Crippen LogP contribution in [0.2, 0.25) is 0 Å². The van der Waals surface area contributed by atoms with Gasteiger partial charge in [0.05, 0.1) is 11.3 Å². The number of hydrogen-bond donors (Lipinski definition) is 1. The molecule has 6 nitrogen and oxygen atoms in total. The fourth-order valence-electron chi connectivity index (χ4n) is 2.99. The monoisotopic (exact) mass is 315 g/mol. The second-order valence-corrected chi connectivity index (χ2v) is 5.69. The van der Waals surface area contributed by atoms with Gasteiger partial charge in [-0.1, -0.05) is 6.42 Å². The van der Waals surface area contributed by atoms with Crippen LogP contribution in [0, 0.1) is 0 Å². The van der Waals surface area contributed by atoms with E-state index in [1.54, 1.807) is 0 Å². The number of ether oxygens (including phenoxy) is 1. The molecule has 2 amide bonds. The lowest BCUT2D eigenvalue weighted by Crippen LogP contribution is -2.31. The predicted octanol–water partition coefficient (Wildman–Crippen LogP) is 3.20. The average Bonchev–Trinajstić information content (AvgIpc) is 2.96. The minimum Gasteiger partial charge on any atom is -0.478 e. The Morgan fingerprint density at radius 3 is 2.22 bits per heavy atom. The van der Waals surface area contributed by atoms with Crippen molar-refractivity contribution < 1.29 is 24.2 Å². The molecule has 1 heterocycles. The van der Waals surface area contributed by atoms with E-state index in [1.165, 1.54) is 24.3 Å². The van der Waals surface area contributed by atoms with E-state index in [2.05, 4.69) is 0 Å². The number of carbonyl (C=O) groups excluding carboxylic acids is 2. The summed E-state index contributed by atoms with van der Waals surface area (Å²) in [4.78, 5) is 36.6. The average molecular weight is 315 g/mol. The van der Waals surface area contributed by atoms with Crippen molar-refractivity contribution in [1.29, 1.82) is 0 Å². The number of amides is 2. The van der Waals surface area contributed by atoms with E-state index in [4.69, 9.17) is 9.84 Å². The number of imide groups is 1. The van der Waals surface area contributed by atoms with Gasteiger partial charge >= 0.3 is 12.1 Å². The number of cyclic esters (lactones) is 1. The maximum Gasteiger partial charge on any atom is 0.421 e. The highest BCUT2D eigenvalue weighted by atomic mass is 16.6. The molecule has 1 aromatic carbocycles. The van der Waals surface area contributed by atoms with Crippen LogP contribution in [-0.4, -0.2) is 34.6 Å². The van der Waals surface area contributed by atoms with Crippen molar-refractivity contribution in [1.82, 2.24) is 4.90 Å². The highest BCUT2D eigenvalue weighted by molar-refractivity contribution is 6.06. The molecule has 0 unspecified atom stereocenters. The summed E-state index contributed by atoms with van der Waals surface area (Å²) in [6.45, 7) is 0.132. The molecular formula is C17H17NO5. The molecule has 23 heavy (non-hydrogen) atoms. The van der Waals surface area contributed by atoms with Crippen LogP contribution in [-0.2, 0) is 4.74 Å². The molecule has 3 rings (SSSR count). The summed E-state index contributed by atoms with van der Waals surface area (Å²) in [5.74, 6) is -1.54. The standard InChI is InChI=1S/C17H17NO5/c19-15(12-6-8-13(9-7-12)16(20)21)18-14(10-23-17(18)22)11-4-2-1-3-5-11/h6-9H,1-5,10H2,(H,20,21). The van der Waals surface area contributed by atoms with E-state index in [-0.39, 0.29) is 17.7 Å². The minimum atomic E-state index is -1.06. The molecule has 0 aromatic heterocycles. The van der Waals surface area contributed by atoms with Gasteiger partial charge in [0, 0.05) is 5.56 Å². The molecule has 2 aliphatic rings. The fraction of sp³-hybridized carbons (Fsp3) is 0.353. The van der Waals surface area contributed by atoms with E-state index in [0.29, 0.717) is 5.70 Å². The third-order valence-corrected chi connectivity index (χ3v) is 4.23. The number of aromatic carboxylic acids is 1. The van der Waals surface area contributed by atoms with E-state index >= 15 is 0 Å². The van der Waals surface area contributed by atoms with E-state index in [1.807, 2.05) is 0 Å². The van der Waals surface area contributed by atoms with Crippen LogP contribution in [0.15, 0.2) is 35.5 Å².